The molecule has 0 saturated carbocycles. The first-order valence-electron chi connectivity index (χ1n) is 10.7. The van der Waals surface area contributed by atoms with Crippen molar-refractivity contribution in [2.45, 2.75) is 19.8 Å². The van der Waals surface area contributed by atoms with Crippen molar-refractivity contribution in [1.29, 1.82) is 0 Å². The maximum atomic E-state index is 12.3. The van der Waals surface area contributed by atoms with Crippen LogP contribution in [0.1, 0.15) is 29.3 Å². The van der Waals surface area contributed by atoms with Crippen LogP contribution in [0, 0.1) is 0 Å². The molecule has 6 heteroatoms. The van der Waals surface area contributed by atoms with Crippen molar-refractivity contribution in [3.8, 4) is 5.75 Å². The summed E-state index contributed by atoms with van der Waals surface area (Å²) < 4.78 is 10.9. The Bertz CT molecular complexity index is 1000. The Labute approximate surface area is 188 Å². The van der Waals surface area contributed by atoms with Crippen LogP contribution in [0.3, 0.4) is 0 Å². The lowest BCUT2D eigenvalue weighted by atomic mass is 10.2. The second-order valence-electron chi connectivity index (χ2n) is 7.23. The van der Waals surface area contributed by atoms with Gasteiger partial charge in [-0.3, -0.25) is 4.79 Å². The smallest absolute Gasteiger partial charge is 0.338 e. The van der Waals surface area contributed by atoms with E-state index in [4.69, 9.17) is 9.47 Å². The number of hydrogen-bond acceptors (Lipinski definition) is 5. The molecule has 0 heterocycles. The summed E-state index contributed by atoms with van der Waals surface area (Å²) in [5.74, 6) is 0.191. The van der Waals surface area contributed by atoms with Crippen LogP contribution in [0.25, 0.3) is 0 Å². The fourth-order valence-electron chi connectivity index (χ4n) is 2.98. The van der Waals surface area contributed by atoms with Gasteiger partial charge in [-0.05, 0) is 48.4 Å². The Kier molecular flexibility index (Phi) is 8.69. The van der Waals surface area contributed by atoms with Crippen molar-refractivity contribution in [1.82, 2.24) is 0 Å². The number of ether oxygens (including phenoxy) is 2. The lowest BCUT2D eigenvalue weighted by molar-refractivity contribution is -0.114. The minimum absolute atomic E-state index is 0.105. The maximum Gasteiger partial charge on any atom is 0.338 e. The van der Waals surface area contributed by atoms with Gasteiger partial charge in [0, 0.05) is 23.9 Å². The molecule has 0 unspecified atom stereocenters. The number of hydrogen-bond donors (Lipinski definition) is 2. The number of amides is 1. The standard InChI is InChI=1S/C26H28N2O4/c1-2-16-32-26(30)21-11-13-22(14-12-21)28-25(29)19-27-23-9-6-10-24(18-23)31-17-15-20-7-4-3-5-8-20/h3-14,18,27H,2,15-17,19H2,1H3,(H,28,29). The second kappa shape index (κ2) is 12.2. The van der Waals surface area contributed by atoms with Crippen LogP contribution in [0.15, 0.2) is 78.9 Å². The van der Waals surface area contributed by atoms with Crippen molar-refractivity contribution in [2.24, 2.45) is 0 Å². The second-order valence-corrected chi connectivity index (χ2v) is 7.23. The lowest BCUT2D eigenvalue weighted by Gasteiger charge is -2.11. The van der Waals surface area contributed by atoms with Gasteiger partial charge in [0.15, 0.2) is 0 Å². The topological polar surface area (TPSA) is 76.7 Å². The summed E-state index contributed by atoms with van der Waals surface area (Å²) in [6, 6.07) is 24.3. The Morgan fingerprint density at radius 3 is 2.38 bits per heavy atom. The Morgan fingerprint density at radius 1 is 0.844 bits per heavy atom. The van der Waals surface area contributed by atoms with E-state index >= 15 is 0 Å². The van der Waals surface area contributed by atoms with Gasteiger partial charge in [-0.25, -0.2) is 4.79 Å². The van der Waals surface area contributed by atoms with E-state index in [1.807, 2.05) is 49.4 Å². The first-order chi connectivity index (χ1) is 15.6. The number of benzene rings is 3. The molecule has 0 radical (unpaired) electrons. The molecule has 1 amide bonds. The summed E-state index contributed by atoms with van der Waals surface area (Å²) in [5.41, 5.74) is 3.09. The zero-order chi connectivity index (χ0) is 22.6. The minimum atomic E-state index is -0.364. The van der Waals surface area contributed by atoms with Gasteiger partial charge in [0.2, 0.25) is 5.91 Å². The number of rotatable bonds is 11. The number of anilines is 2. The fraction of sp³-hybridized carbons (Fsp3) is 0.231. The highest BCUT2D eigenvalue weighted by Crippen LogP contribution is 2.18. The van der Waals surface area contributed by atoms with Crippen LogP contribution in [-0.2, 0) is 16.0 Å². The molecular formula is C26H28N2O4. The van der Waals surface area contributed by atoms with Crippen molar-refractivity contribution in [3.05, 3.63) is 90.0 Å². The molecule has 0 saturated heterocycles. The van der Waals surface area contributed by atoms with Crippen LogP contribution < -0.4 is 15.4 Å². The van der Waals surface area contributed by atoms with Gasteiger partial charge in [0.25, 0.3) is 0 Å². The average molecular weight is 433 g/mol. The van der Waals surface area contributed by atoms with E-state index in [1.165, 1.54) is 5.56 Å². The molecule has 0 bridgehead atoms. The SMILES string of the molecule is CCCOC(=O)c1ccc(NC(=O)CNc2cccc(OCCc3ccccc3)c2)cc1. The molecule has 3 aromatic carbocycles. The van der Waals surface area contributed by atoms with Crippen molar-refractivity contribution in [3.63, 3.8) is 0 Å². The van der Waals surface area contributed by atoms with Gasteiger partial charge in [-0.1, -0.05) is 43.3 Å². The van der Waals surface area contributed by atoms with Crippen LogP contribution in [0.5, 0.6) is 5.75 Å². The van der Waals surface area contributed by atoms with Crippen molar-refractivity contribution >= 4 is 23.3 Å². The van der Waals surface area contributed by atoms with Crippen molar-refractivity contribution < 1.29 is 19.1 Å². The molecule has 0 atom stereocenters. The average Bonchev–Trinajstić information content (AvgIpc) is 2.83. The lowest BCUT2D eigenvalue weighted by Crippen LogP contribution is -2.21. The summed E-state index contributed by atoms with van der Waals surface area (Å²) in [4.78, 5) is 24.1. The molecule has 32 heavy (non-hydrogen) atoms. The highest BCUT2D eigenvalue weighted by Gasteiger charge is 2.08. The predicted molar refractivity (Wildman–Crippen MR) is 126 cm³/mol. The first-order valence-corrected chi connectivity index (χ1v) is 10.7. The largest absolute Gasteiger partial charge is 0.493 e. The number of carbonyl (C=O) groups excluding carboxylic acids is 2. The highest BCUT2D eigenvalue weighted by molar-refractivity contribution is 5.95. The minimum Gasteiger partial charge on any atom is -0.493 e. The van der Waals surface area contributed by atoms with Gasteiger partial charge in [-0.2, -0.15) is 0 Å². The van der Waals surface area contributed by atoms with E-state index < -0.39 is 0 Å². The molecule has 166 valence electrons. The van der Waals surface area contributed by atoms with Crippen LogP contribution in [-0.4, -0.2) is 31.6 Å². The Hall–Kier alpha value is -3.80. The summed E-state index contributed by atoms with van der Waals surface area (Å²) in [6.07, 6.45) is 1.60. The van der Waals surface area contributed by atoms with Crippen LogP contribution in [0.2, 0.25) is 0 Å². The third kappa shape index (κ3) is 7.47. The Morgan fingerprint density at radius 2 is 1.62 bits per heavy atom. The van der Waals surface area contributed by atoms with E-state index in [9.17, 15) is 9.59 Å². The molecule has 0 fully saturated rings. The van der Waals surface area contributed by atoms with Gasteiger partial charge < -0.3 is 20.1 Å². The molecule has 6 nitrogen and oxygen atoms in total. The molecule has 0 spiro atoms. The molecule has 0 aliphatic heterocycles. The number of carbonyl (C=O) groups is 2. The number of nitrogens with one attached hydrogen (secondary N) is 2. The molecule has 3 aromatic rings. The normalized spacial score (nSPS) is 10.3. The molecule has 0 aliphatic carbocycles. The fourth-order valence-corrected chi connectivity index (χ4v) is 2.98. The monoisotopic (exact) mass is 432 g/mol. The zero-order valence-corrected chi connectivity index (χ0v) is 18.2. The third-order valence-electron chi connectivity index (χ3n) is 4.63. The van der Waals surface area contributed by atoms with E-state index in [0.717, 1.165) is 24.3 Å². The van der Waals surface area contributed by atoms with Gasteiger partial charge in [0.05, 0.1) is 25.3 Å². The highest BCUT2D eigenvalue weighted by atomic mass is 16.5. The third-order valence-corrected chi connectivity index (χ3v) is 4.63. The van der Waals surface area contributed by atoms with Gasteiger partial charge >= 0.3 is 5.97 Å². The molecule has 0 aliphatic rings. The summed E-state index contributed by atoms with van der Waals surface area (Å²) in [7, 11) is 0. The van der Waals surface area contributed by atoms with Crippen LogP contribution in [0.4, 0.5) is 11.4 Å². The summed E-state index contributed by atoms with van der Waals surface area (Å²) in [6.45, 7) is 3.02. The van der Waals surface area contributed by atoms with Gasteiger partial charge in [0.1, 0.15) is 5.75 Å². The zero-order valence-electron chi connectivity index (χ0n) is 18.2. The molecule has 3 rings (SSSR count). The van der Waals surface area contributed by atoms with Crippen LogP contribution >= 0.6 is 0 Å². The summed E-state index contributed by atoms with van der Waals surface area (Å²) in [5, 5.41) is 5.90. The molecule has 2 N–H and O–H groups in total. The number of esters is 1. The summed E-state index contributed by atoms with van der Waals surface area (Å²) >= 11 is 0. The quantitative estimate of drug-likeness (QED) is 0.420. The maximum absolute atomic E-state index is 12.3. The molecule has 0 aromatic heterocycles. The van der Waals surface area contributed by atoms with Crippen molar-refractivity contribution in [2.75, 3.05) is 30.4 Å². The molecular weight excluding hydrogens is 404 g/mol. The predicted octanol–water partition coefficient (Wildman–Crippen LogP) is 4.93. The van der Waals surface area contributed by atoms with E-state index in [0.29, 0.717) is 24.5 Å². The van der Waals surface area contributed by atoms with E-state index in [2.05, 4.69) is 22.8 Å². The Balaban J connectivity index is 1.43. The first kappa shape index (κ1) is 22.9. The van der Waals surface area contributed by atoms with Gasteiger partial charge in [-0.15, -0.1) is 0 Å². The van der Waals surface area contributed by atoms with E-state index in [1.54, 1.807) is 24.3 Å². The van der Waals surface area contributed by atoms with E-state index in [-0.39, 0.29) is 18.4 Å².